The molecule has 1 aliphatic carbocycles. The van der Waals surface area contributed by atoms with Crippen molar-refractivity contribution in [3.63, 3.8) is 0 Å². The van der Waals surface area contributed by atoms with E-state index in [1.807, 2.05) is 14.2 Å². The van der Waals surface area contributed by atoms with Crippen LogP contribution in [0.4, 0.5) is 0 Å². The number of nitrogens with one attached hydrogen (secondary N) is 1. The van der Waals surface area contributed by atoms with Crippen LogP contribution in [-0.2, 0) is 4.74 Å². The molecule has 1 N–H and O–H groups in total. The summed E-state index contributed by atoms with van der Waals surface area (Å²) in [5, 5.41) is 3.45. The van der Waals surface area contributed by atoms with Crippen LogP contribution in [0.15, 0.2) is 22.7 Å². The maximum Gasteiger partial charge on any atom is 0.126 e. The van der Waals surface area contributed by atoms with E-state index in [4.69, 9.17) is 9.47 Å². The summed E-state index contributed by atoms with van der Waals surface area (Å²) in [6.45, 7) is 0. The highest BCUT2D eigenvalue weighted by atomic mass is 79.9. The van der Waals surface area contributed by atoms with E-state index in [0.717, 1.165) is 42.3 Å². The molecule has 0 amide bonds. The van der Waals surface area contributed by atoms with Crippen LogP contribution < -0.4 is 10.1 Å². The zero-order chi connectivity index (χ0) is 14.2. The fourth-order valence-corrected chi connectivity index (χ4v) is 3.90. The van der Waals surface area contributed by atoms with Gasteiger partial charge in [0, 0.05) is 29.6 Å². The predicted molar refractivity (Wildman–Crippen MR) is 83.2 cm³/mol. The first kappa shape index (κ1) is 14.4. The van der Waals surface area contributed by atoms with Crippen LogP contribution in [0.5, 0.6) is 5.75 Å². The van der Waals surface area contributed by atoms with E-state index in [-0.39, 0.29) is 5.60 Å². The Kier molecular flexibility index (Phi) is 4.07. The van der Waals surface area contributed by atoms with E-state index in [0.29, 0.717) is 12.1 Å². The zero-order valence-corrected chi connectivity index (χ0v) is 13.7. The van der Waals surface area contributed by atoms with Crippen LogP contribution >= 0.6 is 15.9 Å². The van der Waals surface area contributed by atoms with E-state index >= 15 is 0 Å². The summed E-state index contributed by atoms with van der Waals surface area (Å²) in [6.07, 6.45) is 5.80. The van der Waals surface area contributed by atoms with Gasteiger partial charge in [-0.3, -0.25) is 0 Å². The van der Waals surface area contributed by atoms with Crippen molar-refractivity contribution in [3.8, 4) is 5.75 Å². The van der Waals surface area contributed by atoms with Gasteiger partial charge in [-0.25, -0.2) is 0 Å². The molecule has 3 nitrogen and oxygen atoms in total. The largest absolute Gasteiger partial charge is 0.487 e. The van der Waals surface area contributed by atoms with E-state index in [1.54, 1.807) is 0 Å². The third kappa shape index (κ3) is 2.61. The summed E-state index contributed by atoms with van der Waals surface area (Å²) in [5.74, 6) is 1.03. The van der Waals surface area contributed by atoms with E-state index in [9.17, 15) is 0 Å². The number of ether oxygens (including phenoxy) is 2. The lowest BCUT2D eigenvalue weighted by molar-refractivity contribution is -0.0450. The van der Waals surface area contributed by atoms with Crippen molar-refractivity contribution in [2.75, 3.05) is 14.2 Å². The average Bonchev–Trinajstić information content (AvgIpc) is 2.47. The molecule has 20 heavy (non-hydrogen) atoms. The van der Waals surface area contributed by atoms with Crippen LogP contribution in [0, 0.1) is 0 Å². The highest BCUT2D eigenvalue weighted by Crippen LogP contribution is 2.46. The second-order valence-electron chi connectivity index (χ2n) is 5.95. The third-order valence-electron chi connectivity index (χ3n) is 4.78. The van der Waals surface area contributed by atoms with E-state index in [1.165, 1.54) is 5.56 Å². The summed E-state index contributed by atoms with van der Waals surface area (Å²) >= 11 is 3.55. The van der Waals surface area contributed by atoms with Crippen LogP contribution in [0.25, 0.3) is 0 Å². The van der Waals surface area contributed by atoms with Crippen molar-refractivity contribution in [2.24, 2.45) is 0 Å². The molecule has 110 valence electrons. The van der Waals surface area contributed by atoms with Gasteiger partial charge in [0.2, 0.25) is 0 Å². The molecule has 0 saturated heterocycles. The lowest BCUT2D eigenvalue weighted by Crippen LogP contribution is -2.47. The molecule has 1 aromatic rings. The third-order valence-corrected chi connectivity index (χ3v) is 5.27. The fourth-order valence-electron chi connectivity index (χ4n) is 3.56. The molecule has 1 unspecified atom stereocenters. The summed E-state index contributed by atoms with van der Waals surface area (Å²) in [6, 6.07) is 6.73. The van der Waals surface area contributed by atoms with Gasteiger partial charge in [-0.15, -0.1) is 0 Å². The summed E-state index contributed by atoms with van der Waals surface area (Å²) < 4.78 is 13.0. The summed E-state index contributed by atoms with van der Waals surface area (Å²) in [5.41, 5.74) is 1.26. The van der Waals surface area contributed by atoms with Gasteiger partial charge in [-0.1, -0.05) is 22.0 Å². The SMILES string of the molecule is CNC1CC2(CCC(OC)CC2)Oc2cc(Br)ccc21. The van der Waals surface area contributed by atoms with Gasteiger partial charge < -0.3 is 14.8 Å². The second kappa shape index (κ2) is 5.66. The Balaban J connectivity index is 1.86. The Morgan fingerprint density at radius 2 is 2.10 bits per heavy atom. The molecule has 2 aliphatic rings. The number of hydrogen-bond acceptors (Lipinski definition) is 3. The minimum absolute atomic E-state index is 0.0174. The number of halogens is 1. The molecule has 1 atom stereocenters. The molecule has 0 bridgehead atoms. The first-order chi connectivity index (χ1) is 9.65. The van der Waals surface area contributed by atoms with Gasteiger partial charge in [-0.05, 0) is 44.9 Å². The topological polar surface area (TPSA) is 30.5 Å². The highest BCUT2D eigenvalue weighted by Gasteiger charge is 2.43. The standard InChI is InChI=1S/C16H22BrNO2/c1-18-14-10-16(7-5-12(19-2)6-8-16)20-15-9-11(17)3-4-13(14)15/h3-4,9,12,14,18H,5-8,10H2,1-2H3. The predicted octanol–water partition coefficient (Wildman–Crippen LogP) is 3.82. The fraction of sp³-hybridized carbons (Fsp3) is 0.625. The van der Waals surface area contributed by atoms with E-state index in [2.05, 4.69) is 39.4 Å². The van der Waals surface area contributed by atoms with E-state index < -0.39 is 0 Å². The molecule has 1 aromatic carbocycles. The molecule has 0 radical (unpaired) electrons. The van der Waals surface area contributed by atoms with Gasteiger partial charge in [0.05, 0.1) is 6.10 Å². The van der Waals surface area contributed by atoms with Gasteiger partial charge in [-0.2, -0.15) is 0 Å². The Morgan fingerprint density at radius 1 is 1.35 bits per heavy atom. The molecular weight excluding hydrogens is 318 g/mol. The normalized spacial score (nSPS) is 32.8. The Bertz CT molecular complexity index is 483. The molecule has 3 rings (SSSR count). The average molecular weight is 340 g/mol. The van der Waals surface area contributed by atoms with Crippen molar-refractivity contribution >= 4 is 15.9 Å². The highest BCUT2D eigenvalue weighted by molar-refractivity contribution is 9.10. The number of hydrogen-bond donors (Lipinski definition) is 1. The van der Waals surface area contributed by atoms with Crippen molar-refractivity contribution in [3.05, 3.63) is 28.2 Å². The quantitative estimate of drug-likeness (QED) is 0.888. The van der Waals surface area contributed by atoms with Gasteiger partial charge in [0.25, 0.3) is 0 Å². The Hall–Kier alpha value is -0.580. The van der Waals surface area contributed by atoms with Gasteiger partial charge in [0.15, 0.2) is 0 Å². The number of rotatable bonds is 2. The number of fused-ring (bicyclic) bond motifs is 1. The van der Waals surface area contributed by atoms with Crippen LogP contribution in [0.1, 0.15) is 43.7 Å². The molecule has 1 aliphatic heterocycles. The molecule has 1 saturated carbocycles. The Labute approximate surface area is 129 Å². The van der Waals surface area contributed by atoms with Gasteiger partial charge >= 0.3 is 0 Å². The molecule has 1 spiro atoms. The van der Waals surface area contributed by atoms with Crippen molar-refractivity contribution in [1.82, 2.24) is 5.32 Å². The first-order valence-corrected chi connectivity index (χ1v) is 8.13. The van der Waals surface area contributed by atoms with Gasteiger partial charge in [0.1, 0.15) is 11.4 Å². The minimum atomic E-state index is -0.0174. The first-order valence-electron chi connectivity index (χ1n) is 7.34. The molecule has 1 heterocycles. The number of methoxy groups -OCH3 is 1. The van der Waals surface area contributed by atoms with Crippen molar-refractivity contribution in [2.45, 2.75) is 49.9 Å². The Morgan fingerprint density at radius 3 is 2.75 bits per heavy atom. The minimum Gasteiger partial charge on any atom is -0.487 e. The number of benzene rings is 1. The molecule has 4 heteroatoms. The van der Waals surface area contributed by atoms with Crippen LogP contribution in [-0.4, -0.2) is 25.9 Å². The van der Waals surface area contributed by atoms with Crippen molar-refractivity contribution < 1.29 is 9.47 Å². The summed E-state index contributed by atoms with van der Waals surface area (Å²) in [7, 11) is 3.85. The lowest BCUT2D eigenvalue weighted by Gasteiger charge is -2.46. The maximum absolute atomic E-state index is 6.44. The lowest BCUT2D eigenvalue weighted by atomic mass is 9.76. The molecule has 0 aromatic heterocycles. The van der Waals surface area contributed by atoms with Crippen LogP contribution in [0.3, 0.4) is 0 Å². The zero-order valence-electron chi connectivity index (χ0n) is 12.1. The maximum atomic E-state index is 6.44. The monoisotopic (exact) mass is 339 g/mol. The second-order valence-corrected chi connectivity index (χ2v) is 6.86. The van der Waals surface area contributed by atoms with Crippen molar-refractivity contribution in [1.29, 1.82) is 0 Å². The molecule has 1 fully saturated rings. The van der Waals surface area contributed by atoms with Crippen LogP contribution in [0.2, 0.25) is 0 Å². The summed E-state index contributed by atoms with van der Waals surface area (Å²) in [4.78, 5) is 0. The molecular formula is C16H22BrNO2. The smallest absolute Gasteiger partial charge is 0.126 e.